The molecular weight excluding hydrogens is 352 g/mol. The first kappa shape index (κ1) is 20.6. The van der Waals surface area contributed by atoms with Crippen molar-refractivity contribution in [1.82, 2.24) is 0 Å². The molecule has 0 aromatic heterocycles. The minimum atomic E-state index is -0.739. The fourth-order valence-electron chi connectivity index (χ4n) is 2.53. The van der Waals surface area contributed by atoms with Crippen LogP contribution in [0.5, 0.6) is 11.5 Å². The van der Waals surface area contributed by atoms with Crippen molar-refractivity contribution in [3.8, 4) is 11.5 Å². The Morgan fingerprint density at radius 2 is 1.31 bits per heavy atom. The Hall–Kier alpha value is -1.75. The summed E-state index contributed by atoms with van der Waals surface area (Å²) in [5, 5.41) is 18.6. The maximum absolute atomic E-state index is 9.46. The summed E-state index contributed by atoms with van der Waals surface area (Å²) >= 11 is 5.56. The second kappa shape index (κ2) is 9.26. The van der Waals surface area contributed by atoms with E-state index in [1.807, 2.05) is 48.5 Å². The molecule has 2 N–H and O–H groups in total. The van der Waals surface area contributed by atoms with Gasteiger partial charge in [-0.15, -0.1) is 11.6 Å². The highest BCUT2D eigenvalue weighted by atomic mass is 35.5. The van der Waals surface area contributed by atoms with E-state index in [0.29, 0.717) is 11.5 Å². The summed E-state index contributed by atoms with van der Waals surface area (Å²) in [6, 6.07) is 15.7. The van der Waals surface area contributed by atoms with Gasteiger partial charge in [0.1, 0.15) is 30.8 Å². The van der Waals surface area contributed by atoms with Crippen LogP contribution in [0.3, 0.4) is 0 Å². The number of alkyl halides is 1. The molecular formula is C21H26ClO4. The highest BCUT2D eigenvalue weighted by Gasteiger charge is 2.23. The summed E-state index contributed by atoms with van der Waals surface area (Å²) in [6.45, 7) is 8.13. The molecule has 1 radical (unpaired) electrons. The molecule has 2 atom stereocenters. The molecule has 0 saturated heterocycles. The van der Waals surface area contributed by atoms with Gasteiger partial charge in [-0.3, -0.25) is 0 Å². The maximum Gasteiger partial charge on any atom is 0.119 e. The molecule has 0 fully saturated rings. The van der Waals surface area contributed by atoms with Crippen LogP contribution in [0.2, 0.25) is 0 Å². The topological polar surface area (TPSA) is 58.9 Å². The van der Waals surface area contributed by atoms with Crippen LogP contribution in [0, 0.1) is 6.92 Å². The van der Waals surface area contributed by atoms with E-state index in [1.165, 1.54) is 0 Å². The third kappa shape index (κ3) is 5.63. The quantitative estimate of drug-likeness (QED) is 0.656. The van der Waals surface area contributed by atoms with Crippen LogP contribution in [0.4, 0.5) is 0 Å². The Balaban J connectivity index is 2.06. The molecule has 2 rings (SSSR count). The van der Waals surface area contributed by atoms with Crippen LogP contribution >= 0.6 is 11.6 Å². The predicted octanol–water partition coefficient (Wildman–Crippen LogP) is 3.56. The molecule has 2 aromatic carbocycles. The molecule has 141 valence electrons. The highest BCUT2D eigenvalue weighted by Crippen LogP contribution is 2.33. The van der Waals surface area contributed by atoms with E-state index in [0.717, 1.165) is 11.1 Å². The number of aliphatic hydroxyl groups excluding tert-OH is 2. The standard InChI is InChI=1S/C21H26ClO4/c1-15(23)13-25-19-8-4-16(5-9-19)21(2,3)17-6-10-20(11-7-17)26-14-18(24)12-22/h4-11,15,18,23-24H,1,12-14H2,2-3H3/t15-,18+/m0/s1. The number of hydrogen-bond donors (Lipinski definition) is 2. The molecule has 0 heterocycles. The predicted molar refractivity (Wildman–Crippen MR) is 104 cm³/mol. The Morgan fingerprint density at radius 3 is 1.69 bits per heavy atom. The van der Waals surface area contributed by atoms with Gasteiger partial charge in [0.05, 0.1) is 12.0 Å². The van der Waals surface area contributed by atoms with Gasteiger partial charge >= 0.3 is 0 Å². The van der Waals surface area contributed by atoms with Crippen molar-refractivity contribution < 1.29 is 19.7 Å². The number of ether oxygens (including phenoxy) is 2. The lowest BCUT2D eigenvalue weighted by atomic mass is 9.78. The minimum absolute atomic E-state index is 0.151. The molecule has 4 nitrogen and oxygen atoms in total. The van der Waals surface area contributed by atoms with E-state index in [-0.39, 0.29) is 24.5 Å². The zero-order chi connectivity index (χ0) is 19.2. The van der Waals surface area contributed by atoms with Crippen LogP contribution in [0.15, 0.2) is 48.5 Å². The first-order valence-corrected chi connectivity index (χ1v) is 9.08. The average Bonchev–Trinajstić information content (AvgIpc) is 2.65. The van der Waals surface area contributed by atoms with Crippen molar-refractivity contribution in [2.24, 2.45) is 0 Å². The Morgan fingerprint density at radius 1 is 0.885 bits per heavy atom. The maximum atomic E-state index is 9.46. The summed E-state index contributed by atoms with van der Waals surface area (Å²) in [5.74, 6) is 1.55. The molecule has 0 spiro atoms. The Kier molecular flexibility index (Phi) is 7.33. The SMILES string of the molecule is [CH2][C@H](O)COc1ccc(C(C)(C)c2ccc(OC[C@H](O)CCl)cc2)cc1. The number of rotatable bonds is 9. The highest BCUT2D eigenvalue weighted by molar-refractivity contribution is 6.18. The first-order chi connectivity index (χ1) is 12.3. The van der Waals surface area contributed by atoms with E-state index in [1.54, 1.807) is 0 Å². The van der Waals surface area contributed by atoms with Gasteiger partial charge in [-0.1, -0.05) is 38.1 Å². The van der Waals surface area contributed by atoms with Crippen molar-refractivity contribution in [2.45, 2.75) is 31.5 Å². The van der Waals surface area contributed by atoms with Gasteiger partial charge in [0.25, 0.3) is 0 Å². The van der Waals surface area contributed by atoms with Crippen molar-refractivity contribution in [3.05, 3.63) is 66.6 Å². The monoisotopic (exact) mass is 377 g/mol. The van der Waals surface area contributed by atoms with E-state index < -0.39 is 12.2 Å². The molecule has 0 bridgehead atoms. The average molecular weight is 378 g/mol. The van der Waals surface area contributed by atoms with Gasteiger partial charge in [-0.2, -0.15) is 0 Å². The summed E-state index contributed by atoms with van der Waals surface area (Å²) in [7, 11) is 0. The molecule has 0 unspecified atom stereocenters. The number of aliphatic hydroxyl groups is 2. The van der Waals surface area contributed by atoms with E-state index in [9.17, 15) is 10.2 Å². The van der Waals surface area contributed by atoms with Gasteiger partial charge in [-0.05, 0) is 42.3 Å². The van der Waals surface area contributed by atoms with E-state index in [2.05, 4.69) is 20.8 Å². The number of hydrogen-bond acceptors (Lipinski definition) is 4. The van der Waals surface area contributed by atoms with Crippen molar-refractivity contribution in [3.63, 3.8) is 0 Å². The van der Waals surface area contributed by atoms with Crippen molar-refractivity contribution in [1.29, 1.82) is 0 Å². The van der Waals surface area contributed by atoms with Crippen LogP contribution < -0.4 is 9.47 Å². The van der Waals surface area contributed by atoms with Gasteiger partial charge in [-0.25, -0.2) is 0 Å². The Bertz CT molecular complexity index is 665. The lowest BCUT2D eigenvalue weighted by Gasteiger charge is -2.26. The molecule has 5 heteroatoms. The van der Waals surface area contributed by atoms with Crippen LogP contribution in [-0.2, 0) is 5.41 Å². The van der Waals surface area contributed by atoms with Gasteiger partial charge in [0.2, 0.25) is 0 Å². The third-order valence-corrected chi connectivity index (χ3v) is 4.57. The summed E-state index contributed by atoms with van der Waals surface area (Å²) in [5.41, 5.74) is 2.09. The van der Waals surface area contributed by atoms with E-state index in [4.69, 9.17) is 21.1 Å². The zero-order valence-electron chi connectivity index (χ0n) is 15.2. The number of halogens is 1. The molecule has 2 aromatic rings. The lowest BCUT2D eigenvalue weighted by molar-refractivity contribution is 0.125. The second-order valence-electron chi connectivity index (χ2n) is 6.76. The minimum Gasteiger partial charge on any atom is -0.491 e. The fraction of sp³-hybridized carbons (Fsp3) is 0.381. The van der Waals surface area contributed by atoms with Crippen LogP contribution in [-0.4, -0.2) is 41.5 Å². The Labute approximate surface area is 160 Å². The molecule has 0 amide bonds. The second-order valence-corrected chi connectivity index (χ2v) is 7.07. The van der Waals surface area contributed by atoms with Gasteiger partial charge in [0, 0.05) is 5.41 Å². The normalized spacial score (nSPS) is 13.9. The van der Waals surface area contributed by atoms with Crippen LogP contribution in [0.25, 0.3) is 0 Å². The summed E-state index contributed by atoms with van der Waals surface area (Å²) < 4.78 is 11.0. The van der Waals surface area contributed by atoms with Gasteiger partial charge < -0.3 is 19.7 Å². The fourth-order valence-corrected chi connectivity index (χ4v) is 2.62. The van der Waals surface area contributed by atoms with E-state index >= 15 is 0 Å². The van der Waals surface area contributed by atoms with Crippen LogP contribution in [0.1, 0.15) is 25.0 Å². The molecule has 0 aliphatic rings. The van der Waals surface area contributed by atoms with Gasteiger partial charge in [0.15, 0.2) is 0 Å². The summed E-state index contributed by atoms with van der Waals surface area (Å²) in [6.07, 6.45) is -1.41. The van der Waals surface area contributed by atoms with Crippen molar-refractivity contribution in [2.75, 3.05) is 19.1 Å². The largest absolute Gasteiger partial charge is 0.491 e. The first-order valence-electron chi connectivity index (χ1n) is 8.54. The zero-order valence-corrected chi connectivity index (χ0v) is 15.9. The summed E-state index contributed by atoms with van der Waals surface area (Å²) in [4.78, 5) is 0. The lowest BCUT2D eigenvalue weighted by Crippen LogP contribution is -2.20. The van der Waals surface area contributed by atoms with Crippen molar-refractivity contribution >= 4 is 11.6 Å². The smallest absolute Gasteiger partial charge is 0.119 e. The molecule has 0 saturated carbocycles. The third-order valence-electron chi connectivity index (χ3n) is 4.21. The molecule has 0 aliphatic carbocycles. The molecule has 0 aliphatic heterocycles. The number of benzene rings is 2. The molecule has 26 heavy (non-hydrogen) atoms.